The van der Waals surface area contributed by atoms with E-state index in [1.165, 1.54) is 37.6 Å². The van der Waals surface area contributed by atoms with Gasteiger partial charge in [0.2, 0.25) is 0 Å². The zero-order valence-corrected chi connectivity index (χ0v) is 14.2. The summed E-state index contributed by atoms with van der Waals surface area (Å²) in [4.78, 5) is 11.5. The molecule has 2 rings (SSSR count). The lowest BCUT2D eigenvalue weighted by molar-refractivity contribution is -0.0429. The molecule has 2 heterocycles. The number of hydrogen-bond donors (Lipinski definition) is 1. The number of aryl methyl sites for hydroxylation is 1. The first-order chi connectivity index (χ1) is 11.5. The van der Waals surface area contributed by atoms with Crippen molar-refractivity contribution in [2.45, 2.75) is 12.4 Å². The molecule has 2 aromatic rings. The van der Waals surface area contributed by atoms with Crippen molar-refractivity contribution in [3.05, 3.63) is 5.69 Å². The van der Waals surface area contributed by atoms with Gasteiger partial charge in [0, 0.05) is 7.05 Å². The highest BCUT2D eigenvalue weighted by atomic mass is 32.2. The average molecular weight is 382 g/mol. The molecule has 25 heavy (non-hydrogen) atoms. The van der Waals surface area contributed by atoms with Gasteiger partial charge < -0.3 is 9.47 Å². The number of nitrogens with zero attached hydrogens (tertiary/aromatic N) is 5. The van der Waals surface area contributed by atoms with Crippen molar-refractivity contribution in [2.75, 3.05) is 18.9 Å². The number of hydrogen-bond acceptors (Lipinski definition) is 8. The summed E-state index contributed by atoms with van der Waals surface area (Å²) in [6, 6.07) is -0.371. The fourth-order valence-electron chi connectivity index (χ4n) is 1.71. The van der Waals surface area contributed by atoms with Gasteiger partial charge in [-0.05, 0) is 6.92 Å². The largest absolute Gasteiger partial charge is 0.516 e. The van der Waals surface area contributed by atoms with Gasteiger partial charge in [0.25, 0.3) is 0 Å². The number of methoxy groups -OCH3 is 2. The quantitative estimate of drug-likeness (QED) is 0.808. The van der Waals surface area contributed by atoms with Crippen LogP contribution in [0.15, 0.2) is 0 Å². The Morgan fingerprint density at radius 2 is 1.60 bits per heavy atom. The Labute approximate surface area is 140 Å². The van der Waals surface area contributed by atoms with E-state index >= 15 is 0 Å². The van der Waals surface area contributed by atoms with Crippen molar-refractivity contribution in [2.24, 2.45) is 7.05 Å². The molecular formula is C11H13F3N6O4S. The molecule has 0 radical (unpaired) electrons. The number of aromatic nitrogens is 5. The van der Waals surface area contributed by atoms with E-state index in [-0.39, 0.29) is 29.2 Å². The monoisotopic (exact) mass is 382 g/mol. The van der Waals surface area contributed by atoms with Crippen LogP contribution in [0.25, 0.3) is 11.5 Å². The smallest absolute Gasteiger partial charge is 0.467 e. The van der Waals surface area contributed by atoms with Gasteiger partial charge in [-0.2, -0.15) is 36.7 Å². The number of alkyl halides is 3. The fraction of sp³-hybridized carbons (Fsp3) is 0.455. The number of rotatable bonds is 5. The zero-order chi connectivity index (χ0) is 19.0. The van der Waals surface area contributed by atoms with Crippen molar-refractivity contribution in [3.63, 3.8) is 0 Å². The molecule has 138 valence electrons. The highest BCUT2D eigenvalue weighted by Gasteiger charge is 2.47. The fourth-order valence-corrected chi connectivity index (χ4v) is 2.33. The van der Waals surface area contributed by atoms with Crippen molar-refractivity contribution in [3.8, 4) is 23.5 Å². The summed E-state index contributed by atoms with van der Waals surface area (Å²) in [5, 5.41) is 3.96. The lowest BCUT2D eigenvalue weighted by atomic mass is 10.3. The highest BCUT2D eigenvalue weighted by molar-refractivity contribution is 7.93. The van der Waals surface area contributed by atoms with Gasteiger partial charge in [-0.3, -0.25) is 9.40 Å². The Balaban J connectivity index is 2.63. The SMILES string of the molecule is COc1nc(OC)nc(-c2nn(C)c(C)c2NS(=O)(=O)C(F)(F)F)n1. The molecule has 0 aliphatic heterocycles. The molecule has 0 amide bonds. The van der Waals surface area contributed by atoms with Crippen LogP contribution in [0, 0.1) is 6.92 Å². The van der Waals surface area contributed by atoms with Crippen LogP contribution in [0.3, 0.4) is 0 Å². The first kappa shape index (κ1) is 18.7. The van der Waals surface area contributed by atoms with Gasteiger partial charge in [0.15, 0.2) is 11.5 Å². The van der Waals surface area contributed by atoms with Crippen molar-refractivity contribution in [1.82, 2.24) is 24.7 Å². The number of halogens is 3. The van der Waals surface area contributed by atoms with E-state index in [1.54, 1.807) is 0 Å². The minimum atomic E-state index is -5.66. The van der Waals surface area contributed by atoms with Crippen molar-refractivity contribution in [1.29, 1.82) is 0 Å². The molecule has 0 spiro atoms. The van der Waals surface area contributed by atoms with Crippen molar-refractivity contribution >= 4 is 15.7 Å². The number of anilines is 1. The normalized spacial score (nSPS) is 12.1. The van der Waals surface area contributed by atoms with Crippen LogP contribution in [0.1, 0.15) is 5.69 Å². The summed E-state index contributed by atoms with van der Waals surface area (Å²) in [5.74, 6) is -0.229. The van der Waals surface area contributed by atoms with Crippen LogP contribution in [0.4, 0.5) is 18.9 Å². The van der Waals surface area contributed by atoms with E-state index in [0.717, 1.165) is 0 Å². The molecule has 0 atom stereocenters. The first-order valence-electron chi connectivity index (χ1n) is 6.47. The van der Waals surface area contributed by atoms with Crippen LogP contribution in [-0.2, 0) is 17.1 Å². The summed E-state index contributed by atoms with van der Waals surface area (Å²) in [6.07, 6.45) is 0. The van der Waals surface area contributed by atoms with Crippen LogP contribution < -0.4 is 14.2 Å². The maximum atomic E-state index is 12.7. The summed E-state index contributed by atoms with van der Waals surface area (Å²) in [6.45, 7) is 1.38. The Kier molecular flexibility index (Phi) is 4.74. The summed E-state index contributed by atoms with van der Waals surface area (Å²) < 4.78 is 73.2. The Hall–Kier alpha value is -2.64. The molecule has 0 fully saturated rings. The second kappa shape index (κ2) is 6.34. The maximum Gasteiger partial charge on any atom is 0.516 e. The number of ether oxygens (including phenoxy) is 2. The van der Waals surface area contributed by atoms with Gasteiger partial charge in [-0.25, -0.2) is 0 Å². The Morgan fingerprint density at radius 1 is 1.08 bits per heavy atom. The number of sulfonamides is 1. The number of nitrogens with one attached hydrogen (secondary N) is 1. The van der Waals surface area contributed by atoms with Gasteiger partial charge in [-0.1, -0.05) is 0 Å². The third-order valence-electron chi connectivity index (χ3n) is 3.05. The van der Waals surface area contributed by atoms with E-state index in [4.69, 9.17) is 9.47 Å². The molecule has 0 saturated carbocycles. The Bertz CT molecular complexity index is 874. The molecule has 14 heteroatoms. The molecule has 0 saturated heterocycles. The van der Waals surface area contributed by atoms with Crippen molar-refractivity contribution < 1.29 is 31.1 Å². The maximum absolute atomic E-state index is 12.7. The molecule has 0 bridgehead atoms. The van der Waals surface area contributed by atoms with Gasteiger partial charge >= 0.3 is 27.6 Å². The first-order valence-corrected chi connectivity index (χ1v) is 7.95. The second-order valence-electron chi connectivity index (χ2n) is 4.62. The molecule has 2 aromatic heterocycles. The minimum absolute atomic E-state index is 0.112. The van der Waals surface area contributed by atoms with Crippen LogP contribution >= 0.6 is 0 Å². The van der Waals surface area contributed by atoms with Gasteiger partial charge in [0.05, 0.1) is 19.9 Å². The van der Waals surface area contributed by atoms with Crippen LogP contribution in [0.2, 0.25) is 0 Å². The van der Waals surface area contributed by atoms with Gasteiger partial charge in [0.1, 0.15) is 5.69 Å². The molecular weight excluding hydrogens is 369 g/mol. The second-order valence-corrected chi connectivity index (χ2v) is 6.29. The predicted molar refractivity (Wildman–Crippen MR) is 78.5 cm³/mol. The molecule has 10 nitrogen and oxygen atoms in total. The molecule has 0 aliphatic rings. The zero-order valence-electron chi connectivity index (χ0n) is 13.4. The topological polar surface area (TPSA) is 121 Å². The molecule has 0 aliphatic carbocycles. The van der Waals surface area contributed by atoms with E-state index < -0.39 is 21.2 Å². The van der Waals surface area contributed by atoms with E-state index in [0.29, 0.717) is 0 Å². The molecule has 0 aromatic carbocycles. The Morgan fingerprint density at radius 3 is 2.04 bits per heavy atom. The minimum Gasteiger partial charge on any atom is -0.467 e. The predicted octanol–water partition coefficient (Wildman–Crippen LogP) is 0.859. The van der Waals surface area contributed by atoms with Gasteiger partial charge in [-0.15, -0.1) is 4.98 Å². The highest BCUT2D eigenvalue weighted by Crippen LogP contribution is 2.33. The summed E-state index contributed by atoms with van der Waals surface area (Å²) in [7, 11) is -1.72. The lowest BCUT2D eigenvalue weighted by Crippen LogP contribution is -2.30. The van der Waals surface area contributed by atoms with Crippen LogP contribution in [-0.4, -0.2) is 52.9 Å². The van der Waals surface area contributed by atoms with Crippen LogP contribution in [0.5, 0.6) is 12.0 Å². The van der Waals surface area contributed by atoms with E-state index in [2.05, 4.69) is 20.1 Å². The third kappa shape index (κ3) is 3.57. The summed E-state index contributed by atoms with van der Waals surface area (Å²) in [5.41, 5.74) is -6.05. The molecule has 0 unspecified atom stereocenters. The van der Waals surface area contributed by atoms with E-state index in [1.807, 2.05) is 0 Å². The molecule has 1 N–H and O–H groups in total. The van der Waals surface area contributed by atoms with E-state index in [9.17, 15) is 21.6 Å². The standard InChI is InChI=1S/C11H13F3N6O4S/c1-5-6(19-25(21,22)11(12,13)14)7(18-20(5)2)8-15-9(23-3)17-10(16-8)24-4/h19H,1-4H3. The average Bonchev–Trinajstić information content (AvgIpc) is 2.81. The summed E-state index contributed by atoms with van der Waals surface area (Å²) >= 11 is 0. The lowest BCUT2D eigenvalue weighted by Gasteiger charge is -2.11. The third-order valence-corrected chi connectivity index (χ3v) is 4.13.